The van der Waals surface area contributed by atoms with Gasteiger partial charge in [-0.15, -0.1) is 11.3 Å². The molecule has 112 valence electrons. The fraction of sp³-hybridized carbons (Fsp3) is 0.462. The van der Waals surface area contributed by atoms with E-state index in [1.807, 2.05) is 11.4 Å². The predicted molar refractivity (Wildman–Crippen MR) is 79.7 cm³/mol. The van der Waals surface area contributed by atoms with E-state index in [4.69, 9.17) is 10.00 Å². The summed E-state index contributed by atoms with van der Waals surface area (Å²) in [5, 5.41) is 17.0. The molecular formula is C13H17N5O2S. The average Bonchev–Trinajstić information content (AvgIpc) is 3.02. The standard InChI is InChI=1S/C13H17N5O2S/c14-9-11(10-17-13-16-2-8-21-13)12(19)15-1-3-18-4-6-20-7-5-18/h2,8,10H,1,3-7H2,(H,15,19)(H,16,17)/b11-10-. The van der Waals surface area contributed by atoms with E-state index in [0.717, 1.165) is 32.8 Å². The van der Waals surface area contributed by atoms with E-state index in [2.05, 4.69) is 20.5 Å². The van der Waals surface area contributed by atoms with E-state index >= 15 is 0 Å². The molecule has 0 spiro atoms. The molecule has 1 aromatic rings. The fourth-order valence-corrected chi connectivity index (χ4v) is 2.32. The highest BCUT2D eigenvalue weighted by Crippen LogP contribution is 2.10. The number of nitrogens with one attached hydrogen (secondary N) is 2. The Balaban J connectivity index is 1.74. The average molecular weight is 307 g/mol. The van der Waals surface area contributed by atoms with Crippen LogP contribution >= 0.6 is 11.3 Å². The van der Waals surface area contributed by atoms with Crippen LogP contribution in [0.2, 0.25) is 0 Å². The highest BCUT2D eigenvalue weighted by molar-refractivity contribution is 7.13. The van der Waals surface area contributed by atoms with Gasteiger partial charge in [-0.2, -0.15) is 5.26 Å². The van der Waals surface area contributed by atoms with Crippen LogP contribution in [0.25, 0.3) is 0 Å². The number of aromatic nitrogens is 1. The van der Waals surface area contributed by atoms with Crippen molar-refractivity contribution >= 4 is 22.4 Å². The smallest absolute Gasteiger partial charge is 0.263 e. The van der Waals surface area contributed by atoms with Gasteiger partial charge in [-0.25, -0.2) is 4.98 Å². The van der Waals surface area contributed by atoms with Crippen LogP contribution in [0.3, 0.4) is 0 Å². The second-order valence-corrected chi connectivity index (χ2v) is 5.26. The second kappa shape index (κ2) is 8.36. The zero-order valence-corrected chi connectivity index (χ0v) is 12.4. The van der Waals surface area contributed by atoms with Crippen LogP contribution in [0.5, 0.6) is 0 Å². The van der Waals surface area contributed by atoms with Crippen LogP contribution in [0.15, 0.2) is 23.3 Å². The summed E-state index contributed by atoms with van der Waals surface area (Å²) in [5.74, 6) is -0.380. The van der Waals surface area contributed by atoms with Crippen LogP contribution in [0, 0.1) is 11.3 Å². The first-order valence-electron chi connectivity index (χ1n) is 6.64. The van der Waals surface area contributed by atoms with E-state index in [1.165, 1.54) is 17.5 Å². The molecule has 0 atom stereocenters. The Bertz CT molecular complexity index is 517. The topological polar surface area (TPSA) is 90.3 Å². The molecule has 2 N–H and O–H groups in total. The zero-order chi connectivity index (χ0) is 14.9. The maximum absolute atomic E-state index is 11.9. The van der Waals surface area contributed by atoms with Crippen LogP contribution in [0.4, 0.5) is 5.13 Å². The third-order valence-corrected chi connectivity index (χ3v) is 3.66. The van der Waals surface area contributed by atoms with Gasteiger partial charge in [-0.05, 0) is 0 Å². The maximum atomic E-state index is 11.9. The molecule has 7 nitrogen and oxygen atoms in total. The van der Waals surface area contributed by atoms with Crippen LogP contribution in [-0.4, -0.2) is 55.2 Å². The van der Waals surface area contributed by atoms with Gasteiger partial charge in [-0.3, -0.25) is 9.69 Å². The van der Waals surface area contributed by atoms with Gasteiger partial charge in [-0.1, -0.05) is 0 Å². The summed E-state index contributed by atoms with van der Waals surface area (Å²) in [6, 6.07) is 1.88. The van der Waals surface area contributed by atoms with Gasteiger partial charge in [0.15, 0.2) is 5.13 Å². The van der Waals surface area contributed by atoms with Crippen molar-refractivity contribution in [3.8, 4) is 6.07 Å². The molecule has 8 heteroatoms. The lowest BCUT2D eigenvalue weighted by molar-refractivity contribution is -0.117. The molecule has 0 saturated carbocycles. The number of morpholine rings is 1. The van der Waals surface area contributed by atoms with Crippen molar-refractivity contribution in [2.45, 2.75) is 0 Å². The van der Waals surface area contributed by atoms with Crippen molar-refractivity contribution in [1.82, 2.24) is 15.2 Å². The highest BCUT2D eigenvalue weighted by Gasteiger charge is 2.12. The van der Waals surface area contributed by atoms with Crippen molar-refractivity contribution in [1.29, 1.82) is 5.26 Å². The maximum Gasteiger partial charge on any atom is 0.263 e. The van der Waals surface area contributed by atoms with Crippen LogP contribution < -0.4 is 10.6 Å². The number of carbonyl (C=O) groups is 1. The molecule has 1 saturated heterocycles. The van der Waals surface area contributed by atoms with Gasteiger partial charge in [0.25, 0.3) is 5.91 Å². The first-order valence-corrected chi connectivity index (χ1v) is 7.52. The van der Waals surface area contributed by atoms with E-state index in [9.17, 15) is 4.79 Å². The lowest BCUT2D eigenvalue weighted by atomic mass is 10.3. The summed E-state index contributed by atoms with van der Waals surface area (Å²) >= 11 is 1.40. The molecule has 1 fully saturated rings. The molecule has 0 aliphatic carbocycles. The van der Waals surface area contributed by atoms with Gasteiger partial charge in [0, 0.05) is 44.0 Å². The summed E-state index contributed by atoms with van der Waals surface area (Å²) in [5.41, 5.74) is 0.0344. The van der Waals surface area contributed by atoms with Crippen molar-refractivity contribution in [2.75, 3.05) is 44.7 Å². The number of nitrogens with zero attached hydrogens (tertiary/aromatic N) is 3. The lowest BCUT2D eigenvalue weighted by Crippen LogP contribution is -2.41. The van der Waals surface area contributed by atoms with Gasteiger partial charge in [0.05, 0.1) is 13.2 Å². The van der Waals surface area contributed by atoms with E-state index in [-0.39, 0.29) is 11.5 Å². The van der Waals surface area contributed by atoms with Crippen molar-refractivity contribution in [3.63, 3.8) is 0 Å². The fourth-order valence-electron chi connectivity index (χ4n) is 1.82. The summed E-state index contributed by atoms with van der Waals surface area (Å²) in [6.45, 7) is 4.48. The Labute approximate surface area is 127 Å². The summed E-state index contributed by atoms with van der Waals surface area (Å²) in [4.78, 5) is 18.1. The molecule has 2 heterocycles. The molecular weight excluding hydrogens is 290 g/mol. The third kappa shape index (κ3) is 5.15. The number of thiazole rings is 1. The summed E-state index contributed by atoms with van der Waals surface area (Å²) in [6.07, 6.45) is 3.03. The Morgan fingerprint density at radius 3 is 3.05 bits per heavy atom. The number of hydrogen-bond donors (Lipinski definition) is 2. The van der Waals surface area contributed by atoms with E-state index < -0.39 is 0 Å². The minimum Gasteiger partial charge on any atom is -0.379 e. The van der Waals surface area contributed by atoms with Gasteiger partial charge >= 0.3 is 0 Å². The quantitative estimate of drug-likeness (QED) is 0.584. The van der Waals surface area contributed by atoms with Gasteiger partial charge in [0.2, 0.25) is 0 Å². The molecule has 21 heavy (non-hydrogen) atoms. The molecule has 0 radical (unpaired) electrons. The van der Waals surface area contributed by atoms with Crippen LogP contribution in [0.1, 0.15) is 0 Å². The molecule has 1 aromatic heterocycles. The number of rotatable bonds is 6. The van der Waals surface area contributed by atoms with Crippen LogP contribution in [-0.2, 0) is 9.53 Å². The number of amides is 1. The molecule has 0 unspecified atom stereocenters. The van der Waals surface area contributed by atoms with E-state index in [1.54, 1.807) is 6.20 Å². The number of nitriles is 1. The minimum absolute atomic E-state index is 0.0344. The lowest BCUT2D eigenvalue weighted by Gasteiger charge is -2.26. The van der Waals surface area contributed by atoms with Crippen molar-refractivity contribution < 1.29 is 9.53 Å². The van der Waals surface area contributed by atoms with Gasteiger partial charge < -0.3 is 15.4 Å². The Hall–Kier alpha value is -1.95. The third-order valence-electron chi connectivity index (χ3n) is 2.95. The predicted octanol–water partition coefficient (Wildman–Crippen LogP) is 0.411. The van der Waals surface area contributed by atoms with E-state index in [0.29, 0.717) is 11.7 Å². The SMILES string of the molecule is N#C/C(=C/Nc1nccs1)C(=O)NCCN1CCOCC1. The largest absolute Gasteiger partial charge is 0.379 e. The minimum atomic E-state index is -0.380. The molecule has 1 aliphatic heterocycles. The molecule has 1 amide bonds. The summed E-state index contributed by atoms with van der Waals surface area (Å²) < 4.78 is 5.26. The number of carbonyl (C=O) groups excluding carboxylic acids is 1. The normalized spacial score (nSPS) is 16.2. The highest BCUT2D eigenvalue weighted by atomic mass is 32.1. The first-order chi connectivity index (χ1) is 10.3. The molecule has 0 bridgehead atoms. The number of hydrogen-bond acceptors (Lipinski definition) is 7. The molecule has 0 aromatic carbocycles. The first kappa shape index (κ1) is 15.4. The van der Waals surface area contributed by atoms with Gasteiger partial charge in [0.1, 0.15) is 11.6 Å². The molecule has 2 rings (SSSR count). The van der Waals surface area contributed by atoms with Crippen molar-refractivity contribution in [2.24, 2.45) is 0 Å². The monoisotopic (exact) mass is 307 g/mol. The summed E-state index contributed by atoms with van der Waals surface area (Å²) in [7, 11) is 0. The number of ether oxygens (including phenoxy) is 1. The molecule has 1 aliphatic rings. The Morgan fingerprint density at radius 2 is 2.38 bits per heavy atom. The van der Waals surface area contributed by atoms with Crippen molar-refractivity contribution in [3.05, 3.63) is 23.3 Å². The second-order valence-electron chi connectivity index (χ2n) is 4.36. The number of anilines is 1. The Kier molecular flexibility index (Phi) is 6.15. The Morgan fingerprint density at radius 1 is 1.57 bits per heavy atom. The zero-order valence-electron chi connectivity index (χ0n) is 11.5.